The van der Waals surface area contributed by atoms with Gasteiger partial charge in [-0.05, 0) is 33.3 Å². The third-order valence-corrected chi connectivity index (χ3v) is 3.32. The number of aryl methyl sites for hydroxylation is 2. The van der Waals surface area contributed by atoms with Gasteiger partial charge in [-0.25, -0.2) is 0 Å². The lowest BCUT2D eigenvalue weighted by atomic mass is 10.2. The molecular weight excluding hydrogens is 286 g/mol. The molecule has 0 spiro atoms. The predicted molar refractivity (Wildman–Crippen MR) is 87.7 cm³/mol. The van der Waals surface area contributed by atoms with E-state index in [9.17, 15) is 0 Å². The highest BCUT2D eigenvalue weighted by Gasteiger charge is 2.07. The Morgan fingerprint density at radius 2 is 2.00 bits per heavy atom. The van der Waals surface area contributed by atoms with Gasteiger partial charge in [0.1, 0.15) is 0 Å². The fourth-order valence-electron chi connectivity index (χ4n) is 2.13. The van der Waals surface area contributed by atoms with Gasteiger partial charge in [-0.1, -0.05) is 6.92 Å². The highest BCUT2D eigenvalue weighted by molar-refractivity contribution is 5.85. The number of nitrogens with zero attached hydrogens (tertiary/aromatic N) is 4. The maximum absolute atomic E-state index is 4.52. The van der Waals surface area contributed by atoms with Gasteiger partial charge in [-0.15, -0.1) is 12.4 Å². The zero-order chi connectivity index (χ0) is 14.5. The molecule has 0 atom stereocenters. The Morgan fingerprint density at radius 3 is 2.62 bits per heavy atom. The van der Waals surface area contributed by atoms with E-state index in [4.69, 9.17) is 0 Å². The van der Waals surface area contributed by atoms with Crippen LogP contribution in [0.2, 0.25) is 0 Å². The van der Waals surface area contributed by atoms with Crippen molar-refractivity contribution in [2.75, 3.05) is 0 Å². The van der Waals surface area contributed by atoms with Crippen molar-refractivity contribution in [2.45, 2.75) is 59.8 Å². The quantitative estimate of drug-likeness (QED) is 0.855. The Morgan fingerprint density at radius 1 is 1.24 bits per heavy atom. The minimum absolute atomic E-state index is 0. The van der Waals surface area contributed by atoms with E-state index in [1.807, 2.05) is 15.6 Å². The van der Waals surface area contributed by atoms with Crippen LogP contribution in [0.15, 0.2) is 18.5 Å². The maximum Gasteiger partial charge on any atom is 0.0762 e. The van der Waals surface area contributed by atoms with E-state index >= 15 is 0 Å². The van der Waals surface area contributed by atoms with Gasteiger partial charge in [-0.2, -0.15) is 10.2 Å². The summed E-state index contributed by atoms with van der Waals surface area (Å²) < 4.78 is 4.02. The third-order valence-electron chi connectivity index (χ3n) is 3.32. The Labute approximate surface area is 133 Å². The summed E-state index contributed by atoms with van der Waals surface area (Å²) in [6, 6.07) is 2.49. The van der Waals surface area contributed by atoms with Crippen LogP contribution >= 0.6 is 12.4 Å². The molecule has 6 heteroatoms. The predicted octanol–water partition coefficient (Wildman–Crippen LogP) is 3.09. The standard InChI is InChI=1S/C15H25N5.ClH/c1-5-7-19-8-6-15(18-19)10-16-9-14-11-20(12(2)3)17-13(14)4;/h6,8,11-12,16H,5,7,9-10H2,1-4H3;1H. The van der Waals surface area contributed by atoms with E-state index < -0.39 is 0 Å². The van der Waals surface area contributed by atoms with E-state index in [1.165, 1.54) is 5.56 Å². The van der Waals surface area contributed by atoms with E-state index in [0.717, 1.165) is 37.4 Å². The molecule has 0 unspecified atom stereocenters. The minimum Gasteiger partial charge on any atom is -0.307 e. The molecule has 5 nitrogen and oxygen atoms in total. The van der Waals surface area contributed by atoms with Crippen LogP contribution in [0.4, 0.5) is 0 Å². The zero-order valence-electron chi connectivity index (χ0n) is 13.3. The average molecular weight is 312 g/mol. The smallest absolute Gasteiger partial charge is 0.0762 e. The third kappa shape index (κ3) is 4.86. The summed E-state index contributed by atoms with van der Waals surface area (Å²) in [6.45, 7) is 11.1. The van der Waals surface area contributed by atoms with Gasteiger partial charge in [0, 0.05) is 43.6 Å². The monoisotopic (exact) mass is 311 g/mol. The lowest BCUT2D eigenvalue weighted by Crippen LogP contribution is -2.13. The second-order valence-electron chi connectivity index (χ2n) is 5.49. The van der Waals surface area contributed by atoms with Crippen molar-refractivity contribution >= 4 is 12.4 Å². The molecule has 2 heterocycles. The summed E-state index contributed by atoms with van der Waals surface area (Å²) >= 11 is 0. The molecule has 0 aliphatic rings. The summed E-state index contributed by atoms with van der Waals surface area (Å²) in [6.07, 6.45) is 5.29. The molecule has 0 aliphatic carbocycles. The van der Waals surface area contributed by atoms with E-state index in [1.54, 1.807) is 0 Å². The van der Waals surface area contributed by atoms with Gasteiger partial charge in [-0.3, -0.25) is 9.36 Å². The molecule has 21 heavy (non-hydrogen) atoms. The van der Waals surface area contributed by atoms with Crippen molar-refractivity contribution in [1.82, 2.24) is 24.9 Å². The summed E-state index contributed by atoms with van der Waals surface area (Å²) in [5.41, 5.74) is 3.45. The molecule has 0 fully saturated rings. The lowest BCUT2D eigenvalue weighted by Gasteiger charge is -2.03. The number of rotatable bonds is 7. The highest BCUT2D eigenvalue weighted by atomic mass is 35.5. The number of halogens is 1. The van der Waals surface area contributed by atoms with Crippen molar-refractivity contribution in [3.8, 4) is 0 Å². The molecule has 118 valence electrons. The molecule has 0 saturated carbocycles. The molecular formula is C15H26ClN5. The Hall–Kier alpha value is -1.33. The molecule has 0 radical (unpaired) electrons. The number of nitrogens with one attached hydrogen (secondary N) is 1. The second kappa shape index (κ2) is 8.20. The topological polar surface area (TPSA) is 47.7 Å². The van der Waals surface area contributed by atoms with Crippen LogP contribution in [-0.2, 0) is 19.6 Å². The SMILES string of the molecule is CCCn1ccc(CNCc2cn(C(C)C)nc2C)n1.Cl. The van der Waals surface area contributed by atoms with Crippen LogP contribution in [0.1, 0.15) is 50.2 Å². The summed E-state index contributed by atoms with van der Waals surface area (Å²) in [4.78, 5) is 0. The fraction of sp³-hybridized carbons (Fsp3) is 0.600. The van der Waals surface area contributed by atoms with Crippen molar-refractivity contribution < 1.29 is 0 Å². The van der Waals surface area contributed by atoms with Crippen molar-refractivity contribution in [3.05, 3.63) is 35.4 Å². The van der Waals surface area contributed by atoms with Crippen LogP contribution in [-0.4, -0.2) is 19.6 Å². The largest absolute Gasteiger partial charge is 0.307 e. The van der Waals surface area contributed by atoms with Crippen LogP contribution < -0.4 is 5.32 Å². The fourth-order valence-corrected chi connectivity index (χ4v) is 2.13. The lowest BCUT2D eigenvalue weighted by molar-refractivity contribution is 0.528. The van der Waals surface area contributed by atoms with Crippen LogP contribution in [0, 0.1) is 6.92 Å². The summed E-state index contributed by atoms with van der Waals surface area (Å²) in [5.74, 6) is 0. The highest BCUT2D eigenvalue weighted by Crippen LogP contribution is 2.10. The molecule has 0 bridgehead atoms. The molecule has 1 N–H and O–H groups in total. The first-order valence-corrected chi connectivity index (χ1v) is 7.37. The first-order chi connectivity index (χ1) is 9.60. The molecule has 0 amide bonds. The van der Waals surface area contributed by atoms with Crippen LogP contribution in [0.5, 0.6) is 0 Å². The molecule has 0 aromatic carbocycles. The minimum atomic E-state index is 0. The van der Waals surface area contributed by atoms with E-state index in [0.29, 0.717) is 6.04 Å². The Kier molecular flexibility index (Phi) is 6.92. The molecule has 2 rings (SSSR count). The second-order valence-corrected chi connectivity index (χ2v) is 5.49. The first kappa shape index (κ1) is 17.7. The maximum atomic E-state index is 4.52. The van der Waals surface area contributed by atoms with Gasteiger partial charge < -0.3 is 5.32 Å². The van der Waals surface area contributed by atoms with E-state index in [2.05, 4.69) is 55.5 Å². The number of hydrogen-bond donors (Lipinski definition) is 1. The summed E-state index contributed by atoms with van der Waals surface area (Å²) in [5, 5.41) is 12.5. The van der Waals surface area contributed by atoms with Gasteiger partial charge in [0.05, 0.1) is 11.4 Å². The zero-order valence-corrected chi connectivity index (χ0v) is 14.2. The van der Waals surface area contributed by atoms with Crippen molar-refractivity contribution in [1.29, 1.82) is 0 Å². The number of aromatic nitrogens is 4. The van der Waals surface area contributed by atoms with Gasteiger partial charge in [0.25, 0.3) is 0 Å². The number of hydrogen-bond acceptors (Lipinski definition) is 3. The van der Waals surface area contributed by atoms with Gasteiger partial charge in [0.2, 0.25) is 0 Å². The molecule has 0 saturated heterocycles. The van der Waals surface area contributed by atoms with Gasteiger partial charge >= 0.3 is 0 Å². The normalized spacial score (nSPS) is 10.9. The van der Waals surface area contributed by atoms with Gasteiger partial charge in [0.15, 0.2) is 0 Å². The summed E-state index contributed by atoms with van der Waals surface area (Å²) in [7, 11) is 0. The molecule has 2 aromatic heterocycles. The first-order valence-electron chi connectivity index (χ1n) is 7.37. The Bertz CT molecular complexity index is 544. The van der Waals surface area contributed by atoms with Crippen LogP contribution in [0.3, 0.4) is 0 Å². The average Bonchev–Trinajstić information content (AvgIpc) is 2.98. The Balaban J connectivity index is 0.00000220. The van der Waals surface area contributed by atoms with Crippen molar-refractivity contribution in [3.63, 3.8) is 0 Å². The molecule has 2 aromatic rings. The molecule has 0 aliphatic heterocycles. The van der Waals surface area contributed by atoms with Crippen molar-refractivity contribution in [2.24, 2.45) is 0 Å². The van der Waals surface area contributed by atoms with Crippen LogP contribution in [0.25, 0.3) is 0 Å². The van der Waals surface area contributed by atoms with E-state index in [-0.39, 0.29) is 12.4 Å².